The summed E-state index contributed by atoms with van der Waals surface area (Å²) in [6, 6.07) is 20.7. The van der Waals surface area contributed by atoms with Crippen LogP contribution in [0.2, 0.25) is 0 Å². The number of nitrogens with zero attached hydrogens (tertiary/aromatic N) is 1. The third-order valence-corrected chi connectivity index (χ3v) is 6.76. The van der Waals surface area contributed by atoms with Crippen LogP contribution in [0.3, 0.4) is 0 Å². The number of Topliss-reactive ketones (excluding diaryl/α,β-unsaturated/α-hetero) is 1. The molecule has 6 nitrogen and oxygen atoms in total. The predicted octanol–water partition coefficient (Wildman–Crippen LogP) is 5.42. The minimum Gasteiger partial charge on any atom is -0.382 e. The second-order valence-corrected chi connectivity index (χ2v) is 9.13. The van der Waals surface area contributed by atoms with E-state index in [2.05, 4.69) is 41.3 Å². The number of carbonyl (C=O) groups is 1. The topological polar surface area (TPSA) is 57.2 Å². The Hall–Kier alpha value is -2.55. The van der Waals surface area contributed by atoms with Gasteiger partial charge in [0.1, 0.15) is 0 Å². The van der Waals surface area contributed by atoms with Crippen molar-refractivity contribution in [3.05, 3.63) is 66.2 Å². The zero-order chi connectivity index (χ0) is 24.9. The summed E-state index contributed by atoms with van der Waals surface area (Å²) >= 11 is 1.75. The zero-order valence-corrected chi connectivity index (χ0v) is 21.6. The number of rotatable bonds is 16. The normalized spacial score (nSPS) is 11.1. The van der Waals surface area contributed by atoms with Gasteiger partial charge in [0.2, 0.25) is 0 Å². The molecule has 0 atom stereocenters. The highest BCUT2D eigenvalue weighted by atomic mass is 32.1. The van der Waals surface area contributed by atoms with Gasteiger partial charge in [-0.1, -0.05) is 36.4 Å². The van der Waals surface area contributed by atoms with Crippen LogP contribution in [-0.2, 0) is 18.9 Å². The van der Waals surface area contributed by atoms with Crippen molar-refractivity contribution in [2.24, 2.45) is 0 Å². The zero-order valence-electron chi connectivity index (χ0n) is 20.8. The van der Waals surface area contributed by atoms with E-state index in [4.69, 9.17) is 18.9 Å². The first kappa shape index (κ1) is 27.0. The van der Waals surface area contributed by atoms with Crippen molar-refractivity contribution in [2.45, 2.75) is 6.92 Å². The van der Waals surface area contributed by atoms with Crippen LogP contribution in [0.15, 0.2) is 60.7 Å². The molecule has 3 aromatic rings. The van der Waals surface area contributed by atoms with E-state index in [9.17, 15) is 4.79 Å². The first-order chi connectivity index (χ1) is 17.1. The third kappa shape index (κ3) is 8.56. The van der Waals surface area contributed by atoms with Crippen LogP contribution in [0.1, 0.15) is 17.3 Å². The maximum absolute atomic E-state index is 11.5. The van der Waals surface area contributed by atoms with Crippen molar-refractivity contribution in [1.82, 2.24) is 0 Å². The summed E-state index contributed by atoms with van der Waals surface area (Å²) in [5.41, 5.74) is 4.17. The van der Waals surface area contributed by atoms with Crippen molar-refractivity contribution >= 4 is 22.8 Å². The number of methoxy groups -OCH3 is 2. The van der Waals surface area contributed by atoms with E-state index >= 15 is 0 Å². The van der Waals surface area contributed by atoms with Crippen LogP contribution in [-0.4, -0.2) is 72.7 Å². The van der Waals surface area contributed by atoms with E-state index in [-0.39, 0.29) is 5.78 Å². The molecule has 35 heavy (non-hydrogen) atoms. The summed E-state index contributed by atoms with van der Waals surface area (Å²) in [7, 11) is 3.35. The van der Waals surface area contributed by atoms with E-state index in [0.717, 1.165) is 29.9 Å². The number of carbonyl (C=O) groups excluding carboxylic acids is 1. The molecule has 1 aromatic heterocycles. The fourth-order valence-corrected chi connectivity index (χ4v) is 4.58. The van der Waals surface area contributed by atoms with Crippen molar-refractivity contribution in [3.63, 3.8) is 0 Å². The molecule has 3 rings (SSSR count). The Morgan fingerprint density at radius 2 is 1.17 bits per heavy atom. The van der Waals surface area contributed by atoms with Gasteiger partial charge in [0.25, 0.3) is 0 Å². The van der Waals surface area contributed by atoms with E-state index in [0.29, 0.717) is 39.6 Å². The molecule has 0 unspecified atom stereocenters. The summed E-state index contributed by atoms with van der Waals surface area (Å²) in [6.45, 7) is 6.76. The van der Waals surface area contributed by atoms with Gasteiger partial charge in [0.05, 0.1) is 39.6 Å². The van der Waals surface area contributed by atoms with Gasteiger partial charge in [-0.05, 0) is 42.3 Å². The Balaban J connectivity index is 1.64. The second-order valence-electron chi connectivity index (χ2n) is 8.04. The van der Waals surface area contributed by atoms with Crippen molar-refractivity contribution in [2.75, 3.05) is 71.9 Å². The summed E-state index contributed by atoms with van der Waals surface area (Å²) in [5, 5.41) is 0. The Morgan fingerprint density at radius 3 is 1.63 bits per heavy atom. The van der Waals surface area contributed by atoms with Gasteiger partial charge < -0.3 is 23.8 Å². The molecule has 0 aliphatic rings. The molecule has 0 aliphatic heterocycles. The highest BCUT2D eigenvalue weighted by molar-refractivity contribution is 7.18. The van der Waals surface area contributed by atoms with Gasteiger partial charge in [-0.15, -0.1) is 11.3 Å². The van der Waals surface area contributed by atoms with Crippen molar-refractivity contribution in [3.8, 4) is 20.9 Å². The van der Waals surface area contributed by atoms with Gasteiger partial charge >= 0.3 is 0 Å². The second kappa shape index (κ2) is 14.8. The SMILES string of the molecule is COCCOCCN(CCOCCOC)c1ccc(-c2ccc(-c3ccc(C(C)=O)cc3)s2)cc1. The van der Waals surface area contributed by atoms with Crippen LogP contribution < -0.4 is 4.90 Å². The molecule has 0 N–H and O–H groups in total. The molecule has 188 valence electrons. The predicted molar refractivity (Wildman–Crippen MR) is 143 cm³/mol. The number of hydrogen-bond acceptors (Lipinski definition) is 7. The Kier molecular flexibility index (Phi) is 11.4. The lowest BCUT2D eigenvalue weighted by Crippen LogP contribution is -2.31. The largest absolute Gasteiger partial charge is 0.382 e. The fourth-order valence-electron chi connectivity index (χ4n) is 3.56. The first-order valence-electron chi connectivity index (χ1n) is 11.8. The van der Waals surface area contributed by atoms with E-state index in [1.165, 1.54) is 15.3 Å². The molecule has 1 heterocycles. The Labute approximate surface area is 212 Å². The van der Waals surface area contributed by atoms with E-state index in [1.54, 1.807) is 32.5 Å². The third-order valence-electron chi connectivity index (χ3n) is 5.57. The van der Waals surface area contributed by atoms with Crippen LogP contribution in [0.5, 0.6) is 0 Å². The molecule has 0 radical (unpaired) electrons. The molecular weight excluding hydrogens is 462 g/mol. The number of thiophene rings is 1. The fraction of sp³-hybridized carbons (Fsp3) is 0.393. The summed E-state index contributed by atoms with van der Waals surface area (Å²) in [4.78, 5) is 16.2. The number of hydrogen-bond donors (Lipinski definition) is 0. The standard InChI is InChI=1S/C28H35NO5S/c1-22(30)23-4-6-24(7-5-23)27-12-13-28(35-27)25-8-10-26(11-9-25)29(14-16-33-20-18-31-2)15-17-34-21-19-32-3/h4-13H,14-21H2,1-3H3. The molecule has 0 amide bonds. The maximum atomic E-state index is 11.5. The van der Waals surface area contributed by atoms with E-state index in [1.807, 2.05) is 24.3 Å². The van der Waals surface area contributed by atoms with Crippen molar-refractivity contribution < 1.29 is 23.7 Å². The van der Waals surface area contributed by atoms with Gasteiger partial charge in [-0.25, -0.2) is 0 Å². The lowest BCUT2D eigenvalue weighted by Gasteiger charge is -2.25. The van der Waals surface area contributed by atoms with Gasteiger partial charge in [-0.3, -0.25) is 4.79 Å². The molecule has 0 spiro atoms. The van der Waals surface area contributed by atoms with Crippen LogP contribution >= 0.6 is 11.3 Å². The minimum absolute atomic E-state index is 0.0839. The van der Waals surface area contributed by atoms with Crippen molar-refractivity contribution in [1.29, 1.82) is 0 Å². The average molecular weight is 498 g/mol. The molecule has 7 heteroatoms. The number of ketones is 1. The Bertz CT molecular complexity index is 1000. The molecule has 0 aliphatic carbocycles. The lowest BCUT2D eigenvalue weighted by molar-refractivity contribution is 0.0677. The first-order valence-corrected chi connectivity index (χ1v) is 12.6. The van der Waals surface area contributed by atoms with Gasteiger partial charge in [-0.2, -0.15) is 0 Å². The maximum Gasteiger partial charge on any atom is 0.159 e. The molecule has 0 saturated carbocycles. The smallest absolute Gasteiger partial charge is 0.159 e. The van der Waals surface area contributed by atoms with Gasteiger partial charge in [0.15, 0.2) is 5.78 Å². The lowest BCUT2D eigenvalue weighted by atomic mass is 10.1. The summed E-state index contributed by atoms with van der Waals surface area (Å²) < 4.78 is 21.5. The number of ether oxygens (including phenoxy) is 4. The monoisotopic (exact) mass is 497 g/mol. The molecule has 0 fully saturated rings. The summed E-state index contributed by atoms with van der Waals surface area (Å²) in [5.74, 6) is 0.0839. The highest BCUT2D eigenvalue weighted by Crippen LogP contribution is 2.35. The Morgan fingerprint density at radius 1 is 0.686 bits per heavy atom. The minimum atomic E-state index is 0.0839. The average Bonchev–Trinajstić information content (AvgIpc) is 3.38. The molecule has 2 aromatic carbocycles. The van der Waals surface area contributed by atoms with Crippen LogP contribution in [0, 0.1) is 0 Å². The number of benzene rings is 2. The van der Waals surface area contributed by atoms with E-state index < -0.39 is 0 Å². The molecular formula is C28H35NO5S. The van der Waals surface area contributed by atoms with Gasteiger partial charge in [0, 0.05) is 48.3 Å². The summed E-state index contributed by atoms with van der Waals surface area (Å²) in [6.07, 6.45) is 0. The quantitative estimate of drug-likeness (QED) is 0.195. The molecule has 0 bridgehead atoms. The van der Waals surface area contributed by atoms with Crippen LogP contribution in [0.25, 0.3) is 20.9 Å². The molecule has 0 saturated heterocycles. The number of anilines is 1. The highest BCUT2D eigenvalue weighted by Gasteiger charge is 2.10. The van der Waals surface area contributed by atoms with Crippen LogP contribution in [0.4, 0.5) is 5.69 Å².